The van der Waals surface area contributed by atoms with Gasteiger partial charge in [-0.2, -0.15) is 0 Å². The molecule has 0 fully saturated rings. The monoisotopic (exact) mass is 288 g/mol. The summed E-state index contributed by atoms with van der Waals surface area (Å²) < 4.78 is 5.24. The standard InChI is InChI=1S/C16H20N2O3/c1-9-12-7-6-11(21-5)8-13(12)18(10(2)19)16(3,4)14(9)15(17)20/h6-8H,1-5H3,(H2,17,20). The molecular formula is C16H20N2O3. The van der Waals surface area contributed by atoms with Gasteiger partial charge < -0.3 is 15.4 Å². The SMILES string of the molecule is COc1ccc2c(c1)N(C(C)=O)C(C)(C)C(C(N)=O)=C2C. The number of ether oxygens (including phenoxy) is 1. The highest BCUT2D eigenvalue weighted by atomic mass is 16.5. The lowest BCUT2D eigenvalue weighted by Gasteiger charge is -2.44. The molecule has 5 nitrogen and oxygen atoms in total. The Bertz CT molecular complexity index is 659. The van der Waals surface area contributed by atoms with Crippen LogP contribution in [0.1, 0.15) is 33.3 Å². The van der Waals surface area contributed by atoms with Crippen LogP contribution in [0.3, 0.4) is 0 Å². The van der Waals surface area contributed by atoms with Crippen molar-refractivity contribution in [2.75, 3.05) is 12.0 Å². The maximum absolute atomic E-state index is 12.2. The van der Waals surface area contributed by atoms with Crippen LogP contribution in [0.4, 0.5) is 5.69 Å². The first kappa shape index (κ1) is 15.1. The number of carbonyl (C=O) groups is 2. The van der Waals surface area contributed by atoms with Crippen molar-refractivity contribution in [2.24, 2.45) is 5.73 Å². The van der Waals surface area contributed by atoms with E-state index in [2.05, 4.69) is 0 Å². The maximum atomic E-state index is 12.2. The van der Waals surface area contributed by atoms with Crippen LogP contribution >= 0.6 is 0 Å². The molecule has 0 aromatic heterocycles. The molecule has 1 aliphatic heterocycles. The Morgan fingerprint density at radius 2 is 1.90 bits per heavy atom. The predicted octanol–water partition coefficient (Wildman–Crippen LogP) is 2.10. The molecule has 0 unspecified atom stereocenters. The Hall–Kier alpha value is -2.30. The minimum absolute atomic E-state index is 0.152. The first-order chi connectivity index (χ1) is 9.71. The second-order valence-electron chi connectivity index (χ2n) is 5.66. The lowest BCUT2D eigenvalue weighted by molar-refractivity contribution is -0.117. The Morgan fingerprint density at radius 1 is 1.29 bits per heavy atom. The molecule has 0 saturated carbocycles. The lowest BCUT2D eigenvalue weighted by Crippen LogP contribution is -2.53. The summed E-state index contributed by atoms with van der Waals surface area (Å²) in [6.45, 7) is 6.97. The zero-order valence-electron chi connectivity index (χ0n) is 13.0. The molecule has 0 spiro atoms. The molecule has 1 aromatic rings. The number of hydrogen-bond donors (Lipinski definition) is 1. The van der Waals surface area contributed by atoms with E-state index in [0.717, 1.165) is 16.8 Å². The number of nitrogens with two attached hydrogens (primary N) is 1. The summed E-state index contributed by atoms with van der Waals surface area (Å²) >= 11 is 0. The molecule has 1 heterocycles. The van der Waals surface area contributed by atoms with Crippen molar-refractivity contribution in [1.82, 2.24) is 0 Å². The Balaban J connectivity index is 2.83. The summed E-state index contributed by atoms with van der Waals surface area (Å²) in [5.74, 6) is -0.00269. The van der Waals surface area contributed by atoms with Gasteiger partial charge in [0.1, 0.15) is 5.75 Å². The molecule has 2 amide bonds. The third-order valence-electron chi connectivity index (χ3n) is 3.96. The predicted molar refractivity (Wildman–Crippen MR) is 82.0 cm³/mol. The Kier molecular flexibility index (Phi) is 3.53. The number of anilines is 1. The normalized spacial score (nSPS) is 16.5. The van der Waals surface area contributed by atoms with Crippen LogP contribution in [-0.2, 0) is 9.59 Å². The van der Waals surface area contributed by atoms with Gasteiger partial charge in [0.15, 0.2) is 0 Å². The van der Waals surface area contributed by atoms with E-state index in [4.69, 9.17) is 10.5 Å². The van der Waals surface area contributed by atoms with Crippen molar-refractivity contribution in [1.29, 1.82) is 0 Å². The van der Waals surface area contributed by atoms with Gasteiger partial charge in [-0.3, -0.25) is 9.59 Å². The largest absolute Gasteiger partial charge is 0.497 e. The second-order valence-corrected chi connectivity index (χ2v) is 5.66. The van der Waals surface area contributed by atoms with Gasteiger partial charge in [-0.1, -0.05) is 0 Å². The van der Waals surface area contributed by atoms with Gasteiger partial charge in [0, 0.05) is 24.1 Å². The summed E-state index contributed by atoms with van der Waals surface area (Å²) in [5.41, 5.74) is 7.54. The van der Waals surface area contributed by atoms with Crippen molar-refractivity contribution < 1.29 is 14.3 Å². The molecule has 0 bridgehead atoms. The molecule has 1 aliphatic rings. The van der Waals surface area contributed by atoms with Gasteiger partial charge >= 0.3 is 0 Å². The van der Waals surface area contributed by atoms with E-state index in [0.29, 0.717) is 11.3 Å². The van der Waals surface area contributed by atoms with Gasteiger partial charge in [0.05, 0.1) is 18.3 Å². The quantitative estimate of drug-likeness (QED) is 0.905. The van der Waals surface area contributed by atoms with E-state index in [-0.39, 0.29) is 5.91 Å². The van der Waals surface area contributed by atoms with E-state index < -0.39 is 11.4 Å². The highest BCUT2D eigenvalue weighted by Gasteiger charge is 2.42. The molecule has 0 saturated heterocycles. The third-order valence-corrected chi connectivity index (χ3v) is 3.96. The molecule has 112 valence electrons. The topological polar surface area (TPSA) is 72.6 Å². The van der Waals surface area contributed by atoms with Crippen molar-refractivity contribution in [3.8, 4) is 5.75 Å². The van der Waals surface area contributed by atoms with Crippen LogP contribution in [0.5, 0.6) is 5.75 Å². The number of benzene rings is 1. The lowest BCUT2D eigenvalue weighted by atomic mass is 9.80. The van der Waals surface area contributed by atoms with Gasteiger partial charge in [-0.25, -0.2) is 0 Å². The Labute approximate surface area is 124 Å². The molecule has 21 heavy (non-hydrogen) atoms. The molecule has 1 aromatic carbocycles. The van der Waals surface area contributed by atoms with Crippen molar-refractivity contribution in [3.63, 3.8) is 0 Å². The van der Waals surface area contributed by atoms with E-state index in [9.17, 15) is 9.59 Å². The molecule has 0 atom stereocenters. The number of fused-ring (bicyclic) bond motifs is 1. The highest BCUT2D eigenvalue weighted by molar-refractivity contribution is 6.10. The highest BCUT2D eigenvalue weighted by Crippen LogP contribution is 2.44. The average molecular weight is 288 g/mol. The third kappa shape index (κ3) is 2.18. The fourth-order valence-electron chi connectivity index (χ4n) is 3.20. The van der Waals surface area contributed by atoms with Gasteiger partial charge in [0.25, 0.3) is 0 Å². The second kappa shape index (κ2) is 4.91. The Morgan fingerprint density at radius 3 is 2.38 bits per heavy atom. The first-order valence-corrected chi connectivity index (χ1v) is 6.72. The van der Waals surface area contributed by atoms with E-state index in [1.807, 2.05) is 26.8 Å². The maximum Gasteiger partial charge on any atom is 0.247 e. The fraction of sp³-hybridized carbons (Fsp3) is 0.375. The van der Waals surface area contributed by atoms with Crippen molar-refractivity contribution >= 4 is 23.1 Å². The first-order valence-electron chi connectivity index (χ1n) is 6.72. The number of rotatable bonds is 2. The summed E-state index contributed by atoms with van der Waals surface area (Å²) in [6.07, 6.45) is 0. The molecule has 0 aliphatic carbocycles. The summed E-state index contributed by atoms with van der Waals surface area (Å²) in [7, 11) is 1.57. The summed E-state index contributed by atoms with van der Waals surface area (Å²) in [4.78, 5) is 25.6. The number of nitrogens with zero attached hydrogens (tertiary/aromatic N) is 1. The van der Waals surface area contributed by atoms with Crippen LogP contribution in [0.15, 0.2) is 23.8 Å². The summed E-state index contributed by atoms with van der Waals surface area (Å²) in [5, 5.41) is 0. The molecular weight excluding hydrogens is 268 g/mol. The molecule has 5 heteroatoms. The molecule has 0 radical (unpaired) electrons. The molecule has 2 N–H and O–H groups in total. The smallest absolute Gasteiger partial charge is 0.247 e. The van der Waals surface area contributed by atoms with Gasteiger partial charge in [-0.15, -0.1) is 0 Å². The van der Waals surface area contributed by atoms with Crippen LogP contribution in [0.25, 0.3) is 5.57 Å². The van der Waals surface area contributed by atoms with Crippen LogP contribution < -0.4 is 15.4 Å². The zero-order valence-corrected chi connectivity index (χ0v) is 13.0. The number of carbonyl (C=O) groups excluding carboxylic acids is 2. The van der Waals surface area contributed by atoms with E-state index in [1.165, 1.54) is 6.92 Å². The molecule has 2 rings (SSSR count). The van der Waals surface area contributed by atoms with E-state index >= 15 is 0 Å². The zero-order chi connectivity index (χ0) is 15.9. The number of primary amides is 1. The van der Waals surface area contributed by atoms with Gasteiger partial charge in [0.2, 0.25) is 11.8 Å². The fourth-order valence-corrected chi connectivity index (χ4v) is 3.20. The van der Waals surface area contributed by atoms with Crippen LogP contribution in [0.2, 0.25) is 0 Å². The number of hydrogen-bond acceptors (Lipinski definition) is 3. The number of amides is 2. The number of allylic oxidation sites excluding steroid dienone is 1. The van der Waals surface area contributed by atoms with Crippen LogP contribution in [-0.4, -0.2) is 24.5 Å². The van der Waals surface area contributed by atoms with Crippen LogP contribution in [0, 0.1) is 0 Å². The minimum Gasteiger partial charge on any atom is -0.497 e. The van der Waals surface area contributed by atoms with Crippen molar-refractivity contribution in [3.05, 3.63) is 29.3 Å². The van der Waals surface area contributed by atoms with Gasteiger partial charge in [-0.05, 0) is 38.5 Å². The number of methoxy groups -OCH3 is 1. The minimum atomic E-state index is -0.804. The summed E-state index contributed by atoms with van der Waals surface area (Å²) in [6, 6.07) is 5.45. The van der Waals surface area contributed by atoms with E-state index in [1.54, 1.807) is 24.1 Å². The average Bonchev–Trinajstić information content (AvgIpc) is 2.35. The van der Waals surface area contributed by atoms with Crippen molar-refractivity contribution in [2.45, 2.75) is 33.2 Å².